The average molecular weight is 249 g/mol. The van der Waals surface area contributed by atoms with E-state index in [2.05, 4.69) is 4.74 Å². The third kappa shape index (κ3) is 2.48. The van der Waals surface area contributed by atoms with E-state index in [0.717, 1.165) is 11.3 Å². The first-order valence-electron chi connectivity index (χ1n) is 4.19. The predicted octanol–water partition coefficient (Wildman–Crippen LogP) is 1.53. The van der Waals surface area contributed by atoms with Crippen molar-refractivity contribution in [2.75, 3.05) is 13.7 Å². The first-order chi connectivity index (χ1) is 7.00. The van der Waals surface area contributed by atoms with Gasteiger partial charge in [-0.25, -0.2) is 17.5 Å². The Labute approximate surface area is 92.3 Å². The highest BCUT2D eigenvalue weighted by Crippen LogP contribution is 2.20. The third-order valence-corrected chi connectivity index (χ3v) is 4.73. The Hall–Kier alpha value is -1.08. The van der Waals surface area contributed by atoms with Crippen LogP contribution in [0.15, 0.2) is 21.7 Å². The predicted molar refractivity (Wildman–Crippen MR) is 56.3 cm³/mol. The van der Waals surface area contributed by atoms with Crippen LogP contribution in [0, 0.1) is 0 Å². The highest BCUT2D eigenvalue weighted by Gasteiger charge is 2.27. The van der Waals surface area contributed by atoms with Crippen molar-refractivity contribution < 1.29 is 17.9 Å². The van der Waals surface area contributed by atoms with Crippen molar-refractivity contribution in [2.24, 2.45) is 0 Å². The molecule has 0 aromatic carbocycles. The molecular weight excluding hydrogens is 238 g/mol. The van der Waals surface area contributed by atoms with Gasteiger partial charge in [-0.2, -0.15) is 0 Å². The van der Waals surface area contributed by atoms with E-state index in [1.807, 2.05) is 0 Å². The number of sulfonamides is 1. The largest absolute Gasteiger partial charge is 0.449 e. The molecular formula is C8H11NO4S2. The fourth-order valence-electron chi connectivity index (χ4n) is 0.858. The molecule has 0 spiro atoms. The van der Waals surface area contributed by atoms with Gasteiger partial charge < -0.3 is 4.74 Å². The molecule has 0 aliphatic heterocycles. The highest BCUT2D eigenvalue weighted by molar-refractivity contribution is 7.91. The average Bonchev–Trinajstić information content (AvgIpc) is 2.70. The summed E-state index contributed by atoms with van der Waals surface area (Å²) in [6, 6.07) is 3.05. The first-order valence-corrected chi connectivity index (χ1v) is 6.51. The molecule has 5 nitrogen and oxygen atoms in total. The SMILES string of the molecule is CCOC(=O)N(C)S(=O)(=O)c1cccs1. The normalized spacial score (nSPS) is 11.1. The lowest BCUT2D eigenvalue weighted by atomic mass is 10.7. The Morgan fingerprint density at radius 2 is 2.27 bits per heavy atom. The lowest BCUT2D eigenvalue weighted by molar-refractivity contribution is 0.136. The monoisotopic (exact) mass is 249 g/mol. The van der Waals surface area contributed by atoms with Crippen molar-refractivity contribution in [1.82, 2.24) is 4.31 Å². The van der Waals surface area contributed by atoms with Crippen molar-refractivity contribution >= 4 is 27.5 Å². The molecule has 84 valence electrons. The summed E-state index contributed by atoms with van der Waals surface area (Å²) in [5.41, 5.74) is 0. The molecule has 1 amide bonds. The Morgan fingerprint density at radius 3 is 2.73 bits per heavy atom. The van der Waals surface area contributed by atoms with Gasteiger partial charge in [-0.1, -0.05) is 6.07 Å². The summed E-state index contributed by atoms with van der Waals surface area (Å²) in [5, 5.41) is 1.63. The summed E-state index contributed by atoms with van der Waals surface area (Å²) in [7, 11) is -2.57. The zero-order valence-corrected chi connectivity index (χ0v) is 9.97. The molecule has 7 heteroatoms. The van der Waals surface area contributed by atoms with Crippen molar-refractivity contribution in [3.8, 4) is 0 Å². The Morgan fingerprint density at radius 1 is 1.60 bits per heavy atom. The van der Waals surface area contributed by atoms with Crippen LogP contribution in [-0.4, -0.2) is 32.5 Å². The molecule has 1 aromatic rings. The zero-order valence-electron chi connectivity index (χ0n) is 8.34. The van der Waals surface area contributed by atoms with E-state index in [1.165, 1.54) is 13.1 Å². The summed E-state index contributed by atoms with van der Waals surface area (Å²) in [6.45, 7) is 1.76. The fraction of sp³-hybridized carbons (Fsp3) is 0.375. The maximum absolute atomic E-state index is 11.7. The van der Waals surface area contributed by atoms with Crippen molar-refractivity contribution in [3.63, 3.8) is 0 Å². The smallest absolute Gasteiger partial charge is 0.423 e. The molecule has 1 heterocycles. The van der Waals surface area contributed by atoms with Crippen LogP contribution in [0.2, 0.25) is 0 Å². The topological polar surface area (TPSA) is 63.7 Å². The molecule has 0 atom stereocenters. The van der Waals surface area contributed by atoms with Gasteiger partial charge >= 0.3 is 6.09 Å². The molecule has 1 aromatic heterocycles. The summed E-state index contributed by atoms with van der Waals surface area (Å²) in [6.07, 6.45) is -0.870. The van der Waals surface area contributed by atoms with Gasteiger partial charge in [0, 0.05) is 7.05 Å². The second kappa shape index (κ2) is 4.63. The molecule has 0 radical (unpaired) electrons. The van der Waals surface area contributed by atoms with E-state index in [9.17, 15) is 13.2 Å². The molecule has 0 unspecified atom stereocenters. The number of hydrogen-bond donors (Lipinski definition) is 0. The molecule has 15 heavy (non-hydrogen) atoms. The van der Waals surface area contributed by atoms with Crippen molar-refractivity contribution in [2.45, 2.75) is 11.1 Å². The van der Waals surface area contributed by atoms with Crippen LogP contribution < -0.4 is 0 Å². The minimum absolute atomic E-state index is 0.123. The number of nitrogens with zero attached hydrogens (tertiary/aromatic N) is 1. The number of rotatable bonds is 3. The summed E-state index contributed by atoms with van der Waals surface area (Å²) in [4.78, 5) is 11.2. The van der Waals surface area contributed by atoms with Gasteiger partial charge in [-0.3, -0.25) is 0 Å². The van der Waals surface area contributed by atoms with Gasteiger partial charge in [0.05, 0.1) is 6.61 Å². The molecule has 0 saturated carbocycles. The molecule has 0 saturated heterocycles. The van der Waals surface area contributed by atoms with Gasteiger partial charge in [-0.05, 0) is 18.4 Å². The van der Waals surface area contributed by atoms with E-state index < -0.39 is 16.1 Å². The zero-order chi connectivity index (χ0) is 11.5. The molecule has 0 bridgehead atoms. The number of carbonyl (C=O) groups excluding carboxylic acids is 1. The molecule has 0 N–H and O–H groups in total. The van der Waals surface area contributed by atoms with Crippen LogP contribution in [0.4, 0.5) is 4.79 Å². The minimum Gasteiger partial charge on any atom is -0.449 e. The Bertz CT molecular complexity index is 424. The second-order valence-corrected chi connectivity index (χ2v) is 5.75. The number of amides is 1. The van der Waals surface area contributed by atoms with Crippen LogP contribution in [0.25, 0.3) is 0 Å². The summed E-state index contributed by atoms with van der Waals surface area (Å²) >= 11 is 1.06. The number of thiophene rings is 1. The standard InChI is InChI=1S/C8H11NO4S2/c1-3-13-8(10)9(2)15(11,12)7-5-4-6-14-7/h4-6H,3H2,1-2H3. The van der Waals surface area contributed by atoms with Crippen LogP contribution >= 0.6 is 11.3 Å². The number of carbonyl (C=O) groups is 1. The fourth-order valence-corrected chi connectivity index (χ4v) is 3.06. The van der Waals surface area contributed by atoms with Gasteiger partial charge in [0.15, 0.2) is 0 Å². The molecule has 1 rings (SSSR count). The minimum atomic E-state index is -3.74. The maximum Gasteiger partial charge on any atom is 0.423 e. The van der Waals surface area contributed by atoms with Gasteiger partial charge in [0.25, 0.3) is 10.0 Å². The van der Waals surface area contributed by atoms with E-state index in [1.54, 1.807) is 18.4 Å². The van der Waals surface area contributed by atoms with Gasteiger partial charge in [0.1, 0.15) is 4.21 Å². The van der Waals surface area contributed by atoms with Crippen LogP contribution in [0.5, 0.6) is 0 Å². The second-order valence-electron chi connectivity index (χ2n) is 2.60. The molecule has 0 aliphatic carbocycles. The Balaban J connectivity index is 2.93. The summed E-state index contributed by atoms with van der Waals surface area (Å²) < 4.78 is 28.8. The molecule has 0 aliphatic rings. The summed E-state index contributed by atoms with van der Waals surface area (Å²) in [5.74, 6) is 0. The van der Waals surface area contributed by atoms with Crippen LogP contribution in [-0.2, 0) is 14.8 Å². The first kappa shape index (κ1) is 12.0. The lowest BCUT2D eigenvalue weighted by Crippen LogP contribution is -2.33. The van der Waals surface area contributed by atoms with Crippen molar-refractivity contribution in [3.05, 3.63) is 17.5 Å². The van der Waals surface area contributed by atoms with Crippen LogP contribution in [0.3, 0.4) is 0 Å². The van der Waals surface area contributed by atoms with Crippen LogP contribution in [0.1, 0.15) is 6.92 Å². The maximum atomic E-state index is 11.7. The van der Waals surface area contributed by atoms with E-state index in [-0.39, 0.29) is 10.8 Å². The van der Waals surface area contributed by atoms with E-state index in [0.29, 0.717) is 4.31 Å². The third-order valence-electron chi connectivity index (χ3n) is 1.63. The quantitative estimate of drug-likeness (QED) is 0.814. The van der Waals surface area contributed by atoms with Gasteiger partial charge in [0.2, 0.25) is 0 Å². The number of hydrogen-bond acceptors (Lipinski definition) is 5. The number of ether oxygens (including phenoxy) is 1. The molecule has 0 fully saturated rings. The highest BCUT2D eigenvalue weighted by atomic mass is 32.2. The van der Waals surface area contributed by atoms with Crippen molar-refractivity contribution in [1.29, 1.82) is 0 Å². The van der Waals surface area contributed by atoms with E-state index in [4.69, 9.17) is 0 Å². The van der Waals surface area contributed by atoms with Gasteiger partial charge in [-0.15, -0.1) is 11.3 Å². The Kier molecular flexibility index (Phi) is 3.70. The van der Waals surface area contributed by atoms with E-state index >= 15 is 0 Å². The lowest BCUT2D eigenvalue weighted by Gasteiger charge is -2.15.